The molecule has 2 heterocycles. The molecular weight excluding hydrogens is 356 g/mol. The summed E-state index contributed by atoms with van der Waals surface area (Å²) in [5.74, 6) is -1.17. The molecule has 2 aromatic rings. The molecule has 1 aliphatic carbocycles. The normalized spacial score (nSPS) is 20.1. The minimum Gasteiger partial charge on any atom is -0.481 e. The zero-order chi connectivity index (χ0) is 20.8. The summed E-state index contributed by atoms with van der Waals surface area (Å²) in [7, 11) is 0. The van der Waals surface area contributed by atoms with Gasteiger partial charge in [-0.15, -0.1) is 0 Å². The standard InChI is InChI=1S/C21H30N4O3/c1-11(2)16-10-15(19(26)22-14-8-7-13(9-14)20(27)28)17-12(3)24-25(18(17)23-16)21(4,5)6/h10-11,13-14H,7-9H2,1-6H3,(H,22,26)(H,27,28)/t13-,14+/m1/s1. The van der Waals surface area contributed by atoms with E-state index in [1.807, 2.05) is 17.7 Å². The van der Waals surface area contributed by atoms with Crippen LogP contribution in [0, 0.1) is 12.8 Å². The Bertz CT molecular complexity index is 924. The number of carboxylic acid groups (broad SMARTS) is 1. The third-order valence-corrected chi connectivity index (χ3v) is 5.42. The van der Waals surface area contributed by atoms with Gasteiger partial charge in [0, 0.05) is 11.7 Å². The lowest BCUT2D eigenvalue weighted by molar-refractivity contribution is -0.141. The van der Waals surface area contributed by atoms with Crippen LogP contribution in [-0.2, 0) is 10.3 Å². The van der Waals surface area contributed by atoms with E-state index < -0.39 is 5.97 Å². The second kappa shape index (κ2) is 7.18. The van der Waals surface area contributed by atoms with Gasteiger partial charge in [-0.25, -0.2) is 9.67 Å². The topological polar surface area (TPSA) is 97.1 Å². The van der Waals surface area contributed by atoms with E-state index in [-0.39, 0.29) is 29.3 Å². The first-order chi connectivity index (χ1) is 13.0. The van der Waals surface area contributed by atoms with Gasteiger partial charge in [0.1, 0.15) is 0 Å². The van der Waals surface area contributed by atoms with Crippen molar-refractivity contribution in [3.8, 4) is 0 Å². The first-order valence-corrected chi connectivity index (χ1v) is 9.93. The molecule has 152 valence electrons. The molecule has 2 aromatic heterocycles. The van der Waals surface area contributed by atoms with E-state index in [1.54, 1.807) is 0 Å². The number of aliphatic carboxylic acids is 1. The number of hydrogen-bond acceptors (Lipinski definition) is 4. The van der Waals surface area contributed by atoms with E-state index in [0.29, 0.717) is 24.8 Å². The number of aromatic nitrogens is 3. The van der Waals surface area contributed by atoms with Gasteiger partial charge in [-0.05, 0) is 58.9 Å². The van der Waals surface area contributed by atoms with Gasteiger partial charge in [-0.1, -0.05) is 13.8 Å². The summed E-state index contributed by atoms with van der Waals surface area (Å²) < 4.78 is 1.89. The predicted molar refractivity (Wildman–Crippen MR) is 108 cm³/mol. The number of rotatable bonds is 4. The van der Waals surface area contributed by atoms with Crippen molar-refractivity contribution in [1.29, 1.82) is 0 Å². The first kappa shape index (κ1) is 20.3. The Balaban J connectivity index is 2.03. The predicted octanol–water partition coefficient (Wildman–Crippen LogP) is 3.60. The summed E-state index contributed by atoms with van der Waals surface area (Å²) in [6.07, 6.45) is 1.77. The van der Waals surface area contributed by atoms with Crippen LogP contribution in [0.15, 0.2) is 6.07 Å². The molecule has 2 N–H and O–H groups in total. The number of amides is 1. The molecule has 28 heavy (non-hydrogen) atoms. The summed E-state index contributed by atoms with van der Waals surface area (Å²) in [4.78, 5) is 29.2. The summed E-state index contributed by atoms with van der Waals surface area (Å²) in [5.41, 5.74) is 2.64. The summed E-state index contributed by atoms with van der Waals surface area (Å²) in [6, 6.07) is 1.74. The number of pyridine rings is 1. The van der Waals surface area contributed by atoms with Gasteiger partial charge in [-0.3, -0.25) is 9.59 Å². The summed E-state index contributed by atoms with van der Waals surface area (Å²) in [5, 5.41) is 17.7. The average molecular weight is 386 g/mol. The Morgan fingerprint density at radius 3 is 2.50 bits per heavy atom. The van der Waals surface area contributed by atoms with E-state index in [1.165, 1.54) is 0 Å². The van der Waals surface area contributed by atoms with Crippen LogP contribution in [-0.4, -0.2) is 37.8 Å². The van der Waals surface area contributed by atoms with Crippen LogP contribution in [0.25, 0.3) is 11.0 Å². The maximum absolute atomic E-state index is 13.2. The lowest BCUT2D eigenvalue weighted by Gasteiger charge is -2.21. The van der Waals surface area contributed by atoms with E-state index >= 15 is 0 Å². The molecule has 1 aliphatic rings. The van der Waals surface area contributed by atoms with E-state index in [9.17, 15) is 14.7 Å². The lowest BCUT2D eigenvalue weighted by Crippen LogP contribution is -2.33. The average Bonchev–Trinajstić information content (AvgIpc) is 3.18. The molecule has 1 saturated carbocycles. The number of nitrogens with zero attached hydrogens (tertiary/aromatic N) is 3. The number of carbonyl (C=O) groups excluding carboxylic acids is 1. The number of carboxylic acids is 1. The van der Waals surface area contributed by atoms with Gasteiger partial charge in [0.25, 0.3) is 5.91 Å². The van der Waals surface area contributed by atoms with Crippen molar-refractivity contribution in [2.75, 3.05) is 0 Å². The fraction of sp³-hybridized carbons (Fsp3) is 0.619. The third kappa shape index (κ3) is 3.75. The summed E-state index contributed by atoms with van der Waals surface area (Å²) in [6.45, 7) is 12.2. The molecule has 1 amide bonds. The molecule has 7 nitrogen and oxygen atoms in total. The number of hydrogen-bond donors (Lipinski definition) is 2. The van der Waals surface area contributed by atoms with Crippen LogP contribution in [0.4, 0.5) is 0 Å². The monoisotopic (exact) mass is 386 g/mol. The molecule has 0 unspecified atom stereocenters. The second-order valence-corrected chi connectivity index (χ2v) is 9.13. The van der Waals surface area contributed by atoms with Crippen LogP contribution >= 0.6 is 0 Å². The van der Waals surface area contributed by atoms with Crippen molar-refractivity contribution < 1.29 is 14.7 Å². The Hall–Kier alpha value is -2.44. The maximum atomic E-state index is 13.2. The van der Waals surface area contributed by atoms with Crippen molar-refractivity contribution in [1.82, 2.24) is 20.1 Å². The van der Waals surface area contributed by atoms with Gasteiger partial charge in [0.05, 0.1) is 28.1 Å². The Morgan fingerprint density at radius 2 is 1.96 bits per heavy atom. The number of carbonyl (C=O) groups is 2. The number of nitrogens with one attached hydrogen (secondary N) is 1. The zero-order valence-electron chi connectivity index (χ0n) is 17.5. The van der Waals surface area contributed by atoms with E-state index in [4.69, 9.17) is 4.98 Å². The number of aryl methyl sites for hydroxylation is 1. The molecule has 0 spiro atoms. The SMILES string of the molecule is Cc1nn(C(C)(C)C)c2nc(C(C)C)cc(C(=O)N[C@H]3CC[C@@H](C(=O)O)C3)c12. The van der Waals surface area contributed by atoms with Crippen LogP contribution in [0.5, 0.6) is 0 Å². The van der Waals surface area contributed by atoms with E-state index in [0.717, 1.165) is 22.4 Å². The molecule has 2 atom stereocenters. The highest BCUT2D eigenvalue weighted by Gasteiger charge is 2.32. The molecular formula is C21H30N4O3. The van der Waals surface area contributed by atoms with Crippen LogP contribution in [0.3, 0.4) is 0 Å². The molecule has 0 aliphatic heterocycles. The Kier molecular flexibility index (Phi) is 5.21. The maximum Gasteiger partial charge on any atom is 0.306 e. The molecule has 7 heteroatoms. The molecule has 1 fully saturated rings. The largest absolute Gasteiger partial charge is 0.481 e. The van der Waals surface area contributed by atoms with Crippen molar-refractivity contribution in [2.45, 2.75) is 78.3 Å². The van der Waals surface area contributed by atoms with E-state index in [2.05, 4.69) is 45.0 Å². The molecule has 3 rings (SSSR count). The number of fused-ring (bicyclic) bond motifs is 1. The lowest BCUT2D eigenvalue weighted by atomic mass is 10.0. The Morgan fingerprint density at radius 1 is 1.29 bits per heavy atom. The van der Waals surface area contributed by atoms with Crippen LogP contribution in [0.2, 0.25) is 0 Å². The summed E-state index contributed by atoms with van der Waals surface area (Å²) >= 11 is 0. The molecule has 0 radical (unpaired) electrons. The van der Waals surface area contributed by atoms with Gasteiger partial charge < -0.3 is 10.4 Å². The van der Waals surface area contributed by atoms with Crippen molar-refractivity contribution in [3.05, 3.63) is 23.0 Å². The second-order valence-electron chi connectivity index (χ2n) is 9.13. The first-order valence-electron chi connectivity index (χ1n) is 9.93. The van der Waals surface area contributed by atoms with Crippen molar-refractivity contribution in [3.63, 3.8) is 0 Å². The quantitative estimate of drug-likeness (QED) is 0.837. The van der Waals surface area contributed by atoms with Crippen LogP contribution < -0.4 is 5.32 Å². The van der Waals surface area contributed by atoms with Crippen molar-refractivity contribution >= 4 is 22.9 Å². The highest BCUT2D eigenvalue weighted by Crippen LogP contribution is 2.30. The third-order valence-electron chi connectivity index (χ3n) is 5.42. The highest BCUT2D eigenvalue weighted by atomic mass is 16.4. The van der Waals surface area contributed by atoms with Crippen molar-refractivity contribution in [2.24, 2.45) is 5.92 Å². The van der Waals surface area contributed by atoms with Gasteiger partial charge in [0.15, 0.2) is 5.65 Å². The minimum atomic E-state index is -0.785. The highest BCUT2D eigenvalue weighted by molar-refractivity contribution is 6.06. The Labute approximate surface area is 165 Å². The molecule has 0 bridgehead atoms. The van der Waals surface area contributed by atoms with Gasteiger partial charge >= 0.3 is 5.97 Å². The molecule has 0 saturated heterocycles. The fourth-order valence-electron chi connectivity index (χ4n) is 3.85. The van der Waals surface area contributed by atoms with Gasteiger partial charge in [0.2, 0.25) is 0 Å². The molecule has 0 aromatic carbocycles. The minimum absolute atomic E-state index is 0.114. The zero-order valence-corrected chi connectivity index (χ0v) is 17.5. The van der Waals surface area contributed by atoms with Gasteiger partial charge in [-0.2, -0.15) is 5.10 Å². The van der Waals surface area contributed by atoms with Crippen LogP contribution in [0.1, 0.15) is 81.5 Å². The fourth-order valence-corrected chi connectivity index (χ4v) is 3.85. The smallest absolute Gasteiger partial charge is 0.306 e.